The Kier molecular flexibility index (Phi) is 5.99. The van der Waals surface area contributed by atoms with Gasteiger partial charge in [0.1, 0.15) is 5.82 Å². The van der Waals surface area contributed by atoms with E-state index in [4.69, 9.17) is 17.3 Å². The molecule has 1 atom stereocenters. The smallest absolute Gasteiger partial charge is 0.255 e. The van der Waals surface area contributed by atoms with Crippen molar-refractivity contribution in [3.8, 4) is 11.1 Å². The number of nitrogens with two attached hydrogens (primary N) is 1. The van der Waals surface area contributed by atoms with Crippen LogP contribution in [0.3, 0.4) is 0 Å². The van der Waals surface area contributed by atoms with Gasteiger partial charge in [-0.1, -0.05) is 48.0 Å². The van der Waals surface area contributed by atoms with E-state index < -0.39 is 6.04 Å². The Morgan fingerprint density at radius 2 is 1.83 bits per heavy atom. The molecule has 1 amide bonds. The van der Waals surface area contributed by atoms with Gasteiger partial charge in [0.15, 0.2) is 17.3 Å². The molecule has 0 unspecified atom stereocenters. The molecule has 0 radical (unpaired) electrons. The number of anilines is 3. The van der Waals surface area contributed by atoms with Crippen LogP contribution >= 0.6 is 11.6 Å². The molecule has 0 spiro atoms. The summed E-state index contributed by atoms with van der Waals surface area (Å²) in [5.41, 5.74) is 9.38. The molecule has 0 aliphatic heterocycles. The molecule has 5 aromatic rings. The number of carbonyl (C=O) groups is 1. The lowest BCUT2D eigenvalue weighted by Crippen LogP contribution is -2.29. The van der Waals surface area contributed by atoms with Crippen molar-refractivity contribution >= 4 is 40.5 Å². The van der Waals surface area contributed by atoms with Crippen LogP contribution in [0.15, 0.2) is 79.0 Å². The first-order chi connectivity index (χ1) is 17.0. The number of nitrogen functional groups attached to an aromatic ring is 1. The zero-order valence-electron chi connectivity index (χ0n) is 18.7. The van der Waals surface area contributed by atoms with Gasteiger partial charge in [-0.25, -0.2) is 4.98 Å². The number of pyridine rings is 1. The largest absolute Gasteiger partial charge is 0.383 e. The fourth-order valence-electron chi connectivity index (χ4n) is 3.64. The number of aromatic nitrogens is 5. The fraction of sp³-hybridized carbons (Fsp3) is 0.0800. The molecule has 174 valence electrons. The molecule has 2 aromatic carbocycles. The third-order valence-electron chi connectivity index (χ3n) is 5.39. The maximum atomic E-state index is 13.1. The summed E-state index contributed by atoms with van der Waals surface area (Å²) in [6.07, 6.45) is 1.65. The number of benzene rings is 2. The first-order valence-electron chi connectivity index (χ1n) is 10.8. The van der Waals surface area contributed by atoms with Crippen LogP contribution in [0.1, 0.15) is 29.1 Å². The molecule has 9 nitrogen and oxygen atoms in total. The molecule has 0 saturated heterocycles. The SMILES string of the molecule is C[C@@H](NC(=O)c1cc(-c2ccccc2)cnc1N)c1nnc2ccc(Nc3cccc(Cl)c3)nn12. The van der Waals surface area contributed by atoms with E-state index >= 15 is 0 Å². The van der Waals surface area contributed by atoms with E-state index in [1.807, 2.05) is 42.5 Å². The molecule has 5 rings (SSSR count). The molecule has 4 N–H and O–H groups in total. The molecule has 3 heterocycles. The van der Waals surface area contributed by atoms with Gasteiger partial charge in [-0.05, 0) is 48.9 Å². The maximum Gasteiger partial charge on any atom is 0.255 e. The van der Waals surface area contributed by atoms with Crippen molar-refractivity contribution in [2.75, 3.05) is 11.1 Å². The van der Waals surface area contributed by atoms with E-state index in [1.165, 1.54) is 0 Å². The van der Waals surface area contributed by atoms with E-state index in [2.05, 4.69) is 30.9 Å². The molecule has 0 bridgehead atoms. The van der Waals surface area contributed by atoms with Gasteiger partial charge in [0, 0.05) is 22.5 Å². The summed E-state index contributed by atoms with van der Waals surface area (Å²) >= 11 is 6.07. The highest BCUT2D eigenvalue weighted by molar-refractivity contribution is 6.30. The second-order valence-electron chi connectivity index (χ2n) is 7.90. The summed E-state index contributed by atoms with van der Waals surface area (Å²) in [7, 11) is 0. The highest BCUT2D eigenvalue weighted by atomic mass is 35.5. The molecule has 10 heteroatoms. The van der Waals surface area contributed by atoms with Crippen molar-refractivity contribution in [3.63, 3.8) is 0 Å². The van der Waals surface area contributed by atoms with Gasteiger partial charge in [0.25, 0.3) is 5.91 Å². The number of rotatable bonds is 6. The van der Waals surface area contributed by atoms with Crippen molar-refractivity contribution in [1.82, 2.24) is 30.1 Å². The van der Waals surface area contributed by atoms with Crippen molar-refractivity contribution in [2.24, 2.45) is 0 Å². The van der Waals surface area contributed by atoms with Crippen molar-refractivity contribution < 1.29 is 4.79 Å². The lowest BCUT2D eigenvalue weighted by atomic mass is 10.1. The summed E-state index contributed by atoms with van der Waals surface area (Å²) in [5.74, 6) is 0.814. The van der Waals surface area contributed by atoms with E-state index in [-0.39, 0.29) is 17.3 Å². The molecule has 0 fully saturated rings. The number of nitrogens with zero attached hydrogens (tertiary/aromatic N) is 5. The zero-order chi connectivity index (χ0) is 24.4. The van der Waals surface area contributed by atoms with Gasteiger partial charge in [-0.2, -0.15) is 4.52 Å². The maximum absolute atomic E-state index is 13.1. The van der Waals surface area contributed by atoms with E-state index in [0.717, 1.165) is 16.8 Å². The first kappa shape index (κ1) is 22.3. The molecular weight excluding hydrogens is 464 g/mol. The van der Waals surface area contributed by atoms with E-state index in [9.17, 15) is 4.79 Å². The standard InChI is InChI=1S/C25H21ClN8O/c1-15(29-25(35)20-12-17(14-28-23(20)27)16-6-3-2-4-7-16)24-32-31-22-11-10-21(33-34(22)24)30-19-9-5-8-18(26)13-19/h2-15H,1H3,(H2,27,28)(H,29,35)(H,30,33)/t15-/m1/s1. The Balaban J connectivity index is 1.39. The van der Waals surface area contributed by atoms with Crippen LogP contribution < -0.4 is 16.4 Å². The Morgan fingerprint density at radius 3 is 2.63 bits per heavy atom. The van der Waals surface area contributed by atoms with Gasteiger partial charge in [0.05, 0.1) is 11.6 Å². The van der Waals surface area contributed by atoms with Crippen LogP contribution in [-0.4, -0.2) is 30.7 Å². The number of fused-ring (bicyclic) bond motifs is 1. The van der Waals surface area contributed by atoms with Crippen LogP contribution in [0.2, 0.25) is 5.02 Å². The van der Waals surface area contributed by atoms with E-state index in [1.54, 1.807) is 48.0 Å². The van der Waals surface area contributed by atoms with Crippen LogP contribution in [0.4, 0.5) is 17.3 Å². The minimum atomic E-state index is -0.508. The number of hydrogen-bond acceptors (Lipinski definition) is 7. The molecule has 0 aliphatic carbocycles. The lowest BCUT2D eigenvalue weighted by Gasteiger charge is -2.14. The van der Waals surface area contributed by atoms with Crippen LogP contribution in [0.25, 0.3) is 16.8 Å². The molecule has 35 heavy (non-hydrogen) atoms. The molecule has 0 aliphatic rings. The number of halogens is 1. The van der Waals surface area contributed by atoms with Crippen LogP contribution in [0, 0.1) is 0 Å². The minimum Gasteiger partial charge on any atom is -0.383 e. The Hall–Kier alpha value is -4.50. The topological polar surface area (TPSA) is 123 Å². The normalized spacial score (nSPS) is 11.8. The lowest BCUT2D eigenvalue weighted by molar-refractivity contribution is 0.0938. The molecule has 0 saturated carbocycles. The van der Waals surface area contributed by atoms with Gasteiger partial charge in [-0.15, -0.1) is 15.3 Å². The average molecular weight is 485 g/mol. The Labute approximate surface area is 206 Å². The highest BCUT2D eigenvalue weighted by Crippen LogP contribution is 2.23. The van der Waals surface area contributed by atoms with Crippen molar-refractivity contribution in [1.29, 1.82) is 0 Å². The summed E-state index contributed by atoms with van der Waals surface area (Å²) in [6.45, 7) is 1.80. The van der Waals surface area contributed by atoms with Gasteiger partial charge < -0.3 is 16.4 Å². The Bertz CT molecular complexity index is 1520. The van der Waals surface area contributed by atoms with Gasteiger partial charge >= 0.3 is 0 Å². The third kappa shape index (κ3) is 4.75. The minimum absolute atomic E-state index is 0.145. The molecular formula is C25H21ClN8O. The summed E-state index contributed by atoms with van der Waals surface area (Å²) < 4.78 is 1.58. The van der Waals surface area contributed by atoms with Crippen molar-refractivity contribution in [2.45, 2.75) is 13.0 Å². The second-order valence-corrected chi connectivity index (χ2v) is 8.34. The number of nitrogens with one attached hydrogen (secondary N) is 2. The number of hydrogen-bond donors (Lipinski definition) is 3. The summed E-state index contributed by atoms with van der Waals surface area (Å²) in [5, 5.41) is 19.7. The first-order valence-corrected chi connectivity index (χ1v) is 11.2. The second kappa shape index (κ2) is 9.40. The Morgan fingerprint density at radius 1 is 1.00 bits per heavy atom. The summed E-state index contributed by atoms with van der Waals surface area (Å²) in [6, 6.07) is 21.8. The molecule has 3 aromatic heterocycles. The fourth-order valence-corrected chi connectivity index (χ4v) is 3.83. The predicted molar refractivity (Wildman–Crippen MR) is 135 cm³/mol. The zero-order valence-corrected chi connectivity index (χ0v) is 19.4. The van der Waals surface area contributed by atoms with Crippen LogP contribution in [0.5, 0.6) is 0 Å². The number of amides is 1. The van der Waals surface area contributed by atoms with Gasteiger partial charge in [-0.3, -0.25) is 4.79 Å². The number of carbonyl (C=O) groups excluding carboxylic acids is 1. The van der Waals surface area contributed by atoms with E-state index in [0.29, 0.717) is 22.3 Å². The highest BCUT2D eigenvalue weighted by Gasteiger charge is 2.20. The quantitative estimate of drug-likeness (QED) is 0.320. The summed E-state index contributed by atoms with van der Waals surface area (Å²) in [4.78, 5) is 17.3. The predicted octanol–water partition coefficient (Wildman–Crippen LogP) is 4.66. The van der Waals surface area contributed by atoms with Crippen LogP contribution in [-0.2, 0) is 0 Å². The monoisotopic (exact) mass is 484 g/mol. The van der Waals surface area contributed by atoms with Crippen molar-refractivity contribution in [3.05, 3.63) is 95.4 Å². The average Bonchev–Trinajstić information content (AvgIpc) is 3.28. The van der Waals surface area contributed by atoms with Gasteiger partial charge in [0.2, 0.25) is 0 Å². The third-order valence-corrected chi connectivity index (χ3v) is 5.62.